The van der Waals surface area contributed by atoms with Crippen molar-refractivity contribution in [3.05, 3.63) is 97.5 Å². The standard InChI is InChI=1S/C29H28N4O4S/c1-16-12-20(17(2)30-21-9-7-6-8-19(21)27(35)37-29(3,4)5)26-31-22(14-25(34)33(26)15-16)18-10-11-24-23(13-18)32-28(36)38-24/h6-15,17,30H,1-5H3,(H,32,36)/t17-/m1/s1. The monoisotopic (exact) mass is 528 g/mol. The largest absolute Gasteiger partial charge is 0.456 e. The first-order valence-corrected chi connectivity index (χ1v) is 13.1. The number of nitrogens with one attached hydrogen (secondary N) is 2. The van der Waals surface area contributed by atoms with Crippen molar-refractivity contribution in [2.24, 2.45) is 0 Å². The number of aryl methyl sites for hydroxylation is 1. The zero-order valence-corrected chi connectivity index (χ0v) is 22.6. The number of carbonyl (C=O) groups is 1. The van der Waals surface area contributed by atoms with Crippen molar-refractivity contribution in [2.75, 3.05) is 5.32 Å². The maximum absolute atomic E-state index is 13.2. The van der Waals surface area contributed by atoms with E-state index >= 15 is 0 Å². The Morgan fingerprint density at radius 1 is 1.11 bits per heavy atom. The first-order valence-electron chi connectivity index (χ1n) is 12.2. The summed E-state index contributed by atoms with van der Waals surface area (Å²) in [5.41, 5.74) is 4.37. The van der Waals surface area contributed by atoms with Crippen LogP contribution in [0.1, 0.15) is 55.2 Å². The van der Waals surface area contributed by atoms with E-state index in [4.69, 9.17) is 9.72 Å². The molecule has 3 aromatic heterocycles. The third-order valence-corrected chi connectivity index (χ3v) is 6.89. The van der Waals surface area contributed by atoms with Crippen LogP contribution in [0.2, 0.25) is 0 Å². The first kappa shape index (κ1) is 25.4. The van der Waals surface area contributed by atoms with Crippen LogP contribution >= 0.6 is 11.3 Å². The lowest BCUT2D eigenvalue weighted by Gasteiger charge is -2.23. The summed E-state index contributed by atoms with van der Waals surface area (Å²) in [6, 6.07) is 15.9. The van der Waals surface area contributed by atoms with E-state index in [0.29, 0.717) is 28.1 Å². The number of thiazole rings is 1. The highest BCUT2D eigenvalue weighted by Gasteiger charge is 2.22. The molecule has 2 aromatic carbocycles. The Balaban J connectivity index is 1.58. The maximum atomic E-state index is 13.2. The summed E-state index contributed by atoms with van der Waals surface area (Å²) in [5.74, 6) is -0.416. The van der Waals surface area contributed by atoms with E-state index in [1.165, 1.54) is 10.5 Å². The van der Waals surface area contributed by atoms with E-state index in [0.717, 1.165) is 32.7 Å². The number of anilines is 1. The molecule has 8 nitrogen and oxygen atoms in total. The number of fused-ring (bicyclic) bond motifs is 2. The van der Waals surface area contributed by atoms with Crippen LogP contribution in [0, 0.1) is 6.92 Å². The van der Waals surface area contributed by atoms with Gasteiger partial charge in [-0.05, 0) is 70.5 Å². The van der Waals surface area contributed by atoms with E-state index < -0.39 is 11.6 Å². The smallest absolute Gasteiger partial charge is 0.340 e. The van der Waals surface area contributed by atoms with Crippen molar-refractivity contribution in [1.29, 1.82) is 0 Å². The van der Waals surface area contributed by atoms with Gasteiger partial charge in [-0.15, -0.1) is 0 Å². The highest BCUT2D eigenvalue weighted by atomic mass is 32.1. The van der Waals surface area contributed by atoms with Gasteiger partial charge in [-0.3, -0.25) is 14.0 Å². The highest BCUT2D eigenvalue weighted by Crippen LogP contribution is 2.28. The minimum atomic E-state index is -0.622. The number of rotatable bonds is 5. The number of ether oxygens (including phenoxy) is 1. The molecule has 5 rings (SSSR count). The lowest BCUT2D eigenvalue weighted by Crippen LogP contribution is -2.25. The number of H-pyrrole nitrogens is 1. The normalized spacial score (nSPS) is 12.6. The van der Waals surface area contributed by atoms with Crippen molar-refractivity contribution in [2.45, 2.75) is 46.3 Å². The van der Waals surface area contributed by atoms with Gasteiger partial charge in [0.15, 0.2) is 0 Å². The van der Waals surface area contributed by atoms with Crippen molar-refractivity contribution in [3.8, 4) is 11.3 Å². The van der Waals surface area contributed by atoms with E-state index in [1.54, 1.807) is 18.3 Å². The Morgan fingerprint density at radius 3 is 2.63 bits per heavy atom. The van der Waals surface area contributed by atoms with Crippen LogP contribution in [-0.2, 0) is 4.74 Å². The number of pyridine rings is 1. The van der Waals surface area contributed by atoms with Gasteiger partial charge in [0.05, 0.1) is 27.5 Å². The number of nitrogens with zero attached hydrogens (tertiary/aromatic N) is 2. The van der Waals surface area contributed by atoms with Gasteiger partial charge < -0.3 is 15.0 Å². The summed E-state index contributed by atoms with van der Waals surface area (Å²) in [6.45, 7) is 9.37. The molecular formula is C29H28N4O4S. The fraction of sp³-hybridized carbons (Fsp3) is 0.241. The Hall–Kier alpha value is -4.24. The van der Waals surface area contributed by atoms with Gasteiger partial charge in [0.1, 0.15) is 11.2 Å². The third kappa shape index (κ3) is 5.10. The van der Waals surface area contributed by atoms with E-state index in [9.17, 15) is 14.4 Å². The van der Waals surface area contributed by atoms with Crippen LogP contribution in [-0.4, -0.2) is 25.9 Å². The van der Waals surface area contributed by atoms with Crippen LogP contribution in [0.3, 0.4) is 0 Å². The summed E-state index contributed by atoms with van der Waals surface area (Å²) in [7, 11) is 0. The molecule has 0 saturated carbocycles. The number of carbonyl (C=O) groups excluding carboxylic acids is 1. The zero-order valence-electron chi connectivity index (χ0n) is 21.8. The molecule has 194 valence electrons. The Morgan fingerprint density at radius 2 is 1.87 bits per heavy atom. The summed E-state index contributed by atoms with van der Waals surface area (Å²) < 4.78 is 7.98. The molecule has 2 N–H and O–H groups in total. The zero-order chi connectivity index (χ0) is 27.2. The molecule has 1 atom stereocenters. The second-order valence-electron chi connectivity index (χ2n) is 10.3. The predicted molar refractivity (Wildman–Crippen MR) is 151 cm³/mol. The lowest BCUT2D eigenvalue weighted by molar-refractivity contribution is 0.00706. The van der Waals surface area contributed by atoms with Crippen molar-refractivity contribution in [3.63, 3.8) is 0 Å². The van der Waals surface area contributed by atoms with Gasteiger partial charge in [-0.2, -0.15) is 0 Å². The van der Waals surface area contributed by atoms with Crippen molar-refractivity contribution < 1.29 is 9.53 Å². The first-order chi connectivity index (χ1) is 18.0. The van der Waals surface area contributed by atoms with Gasteiger partial charge >= 0.3 is 10.8 Å². The van der Waals surface area contributed by atoms with E-state index in [1.807, 2.05) is 71.0 Å². The lowest BCUT2D eigenvalue weighted by atomic mass is 10.1. The fourth-order valence-electron chi connectivity index (χ4n) is 4.38. The van der Waals surface area contributed by atoms with Crippen LogP contribution in [0.5, 0.6) is 0 Å². The molecule has 0 aliphatic heterocycles. The van der Waals surface area contributed by atoms with Crippen LogP contribution < -0.4 is 15.7 Å². The molecule has 3 heterocycles. The minimum absolute atomic E-state index is 0.131. The molecule has 0 spiro atoms. The SMILES string of the molecule is Cc1cc([C@@H](C)Nc2ccccc2C(=O)OC(C)(C)C)c2nc(-c3ccc4sc(=O)[nH]c4c3)cc(=O)n2c1. The second kappa shape index (κ2) is 9.57. The quantitative estimate of drug-likeness (QED) is 0.284. The average molecular weight is 529 g/mol. The summed E-state index contributed by atoms with van der Waals surface area (Å²) in [6.07, 6.45) is 1.76. The van der Waals surface area contributed by atoms with Gasteiger partial charge in [0, 0.05) is 29.1 Å². The van der Waals surface area contributed by atoms with Gasteiger partial charge in [-0.25, -0.2) is 9.78 Å². The van der Waals surface area contributed by atoms with E-state index in [-0.39, 0.29) is 16.5 Å². The van der Waals surface area contributed by atoms with Gasteiger partial charge in [0.25, 0.3) is 5.56 Å². The maximum Gasteiger partial charge on any atom is 0.340 e. The summed E-state index contributed by atoms with van der Waals surface area (Å²) in [5, 5.41) is 3.42. The number of hydrogen-bond acceptors (Lipinski definition) is 7. The molecule has 0 bridgehead atoms. The fourth-order valence-corrected chi connectivity index (χ4v) is 5.10. The summed E-state index contributed by atoms with van der Waals surface area (Å²) in [4.78, 5) is 45.4. The molecule has 0 radical (unpaired) electrons. The molecule has 0 aliphatic rings. The second-order valence-corrected chi connectivity index (χ2v) is 11.3. The van der Waals surface area contributed by atoms with Crippen LogP contribution in [0.15, 0.2) is 70.4 Å². The number of aromatic nitrogens is 3. The number of benzene rings is 2. The topological polar surface area (TPSA) is 106 Å². The van der Waals surface area contributed by atoms with Gasteiger partial charge in [-0.1, -0.05) is 29.5 Å². The molecule has 0 saturated heterocycles. The third-order valence-electron chi connectivity index (χ3n) is 6.03. The average Bonchev–Trinajstić information content (AvgIpc) is 3.22. The van der Waals surface area contributed by atoms with Crippen molar-refractivity contribution in [1.82, 2.24) is 14.4 Å². The number of para-hydroxylation sites is 1. The van der Waals surface area contributed by atoms with Crippen LogP contribution in [0.4, 0.5) is 5.69 Å². The number of aromatic amines is 1. The number of esters is 1. The molecule has 0 fully saturated rings. The molecule has 0 unspecified atom stereocenters. The molecule has 5 aromatic rings. The number of hydrogen-bond donors (Lipinski definition) is 2. The molecule has 38 heavy (non-hydrogen) atoms. The highest BCUT2D eigenvalue weighted by molar-refractivity contribution is 7.16. The predicted octanol–water partition coefficient (Wildman–Crippen LogP) is 5.70. The molecular weight excluding hydrogens is 500 g/mol. The molecule has 9 heteroatoms. The van der Waals surface area contributed by atoms with Gasteiger partial charge in [0.2, 0.25) is 0 Å². The molecule has 0 aliphatic carbocycles. The summed E-state index contributed by atoms with van der Waals surface area (Å²) >= 11 is 1.14. The van der Waals surface area contributed by atoms with Crippen molar-refractivity contribution >= 4 is 38.9 Å². The Bertz CT molecular complexity index is 1810. The molecule has 0 amide bonds. The van der Waals surface area contributed by atoms with E-state index in [2.05, 4.69) is 10.3 Å². The van der Waals surface area contributed by atoms with Crippen LogP contribution in [0.25, 0.3) is 27.1 Å². The Kier molecular flexibility index (Phi) is 6.40. The Labute approximate surface area is 223 Å². The minimum Gasteiger partial charge on any atom is -0.456 e.